The molecule has 0 aliphatic carbocycles. The summed E-state index contributed by atoms with van der Waals surface area (Å²) in [4.78, 5) is 13.9. The number of hydrogen-bond acceptors (Lipinski definition) is 5. The second-order valence-electron chi connectivity index (χ2n) is 9.42. The Bertz CT molecular complexity index is 845. The zero-order valence-corrected chi connectivity index (χ0v) is 18.4. The zero-order valence-electron chi connectivity index (χ0n) is 16.9. The third-order valence-corrected chi connectivity index (χ3v) is 8.60. The molecule has 0 aromatic carbocycles. The van der Waals surface area contributed by atoms with Gasteiger partial charge in [-0.1, -0.05) is 35.3 Å². The molecule has 5 nitrogen and oxygen atoms in total. The van der Waals surface area contributed by atoms with E-state index in [1.165, 1.54) is 49.7 Å². The Morgan fingerprint density at radius 1 is 0.767 bits per heavy atom. The molecule has 2 aromatic heterocycles. The lowest BCUT2D eigenvalue weighted by atomic mass is 9.85. The van der Waals surface area contributed by atoms with E-state index in [-0.39, 0.29) is 6.29 Å². The van der Waals surface area contributed by atoms with Crippen LogP contribution in [0, 0.1) is 0 Å². The number of halogens is 2. The molecule has 4 aliphatic heterocycles. The highest BCUT2D eigenvalue weighted by Gasteiger charge is 2.55. The highest BCUT2D eigenvalue weighted by atomic mass is 35.5. The molecule has 7 heteroatoms. The second kappa shape index (κ2) is 7.42. The van der Waals surface area contributed by atoms with Gasteiger partial charge in [0.2, 0.25) is 0 Å². The molecule has 4 saturated heterocycles. The van der Waals surface area contributed by atoms with Crippen LogP contribution in [0.15, 0.2) is 36.7 Å². The molecule has 30 heavy (non-hydrogen) atoms. The highest BCUT2D eigenvalue weighted by molar-refractivity contribution is 6.29. The molecule has 6 heterocycles. The molecule has 6 rings (SSSR count). The van der Waals surface area contributed by atoms with Crippen LogP contribution in [0.25, 0.3) is 0 Å². The average Bonchev–Trinajstić information content (AvgIpc) is 3.53. The van der Waals surface area contributed by atoms with Crippen molar-refractivity contribution in [1.29, 1.82) is 0 Å². The first-order valence-electron chi connectivity index (χ1n) is 11.1. The monoisotopic (exact) mass is 443 g/mol. The standard InChI is InChI=1S/C23H27Cl2N5/c24-21-7-1-13(11-27-21)17-9-15-3-5-19(17)29(15)23(26)30-16-4-6-20(30)18(10-16)14-2-8-22(25)28-12-14/h1-2,7-8,11-12,15-20,23H,3-6,9-10,26H2. The molecular weight excluding hydrogens is 417 g/mol. The fourth-order valence-electron chi connectivity index (χ4n) is 6.97. The summed E-state index contributed by atoms with van der Waals surface area (Å²) in [6, 6.07) is 10.3. The summed E-state index contributed by atoms with van der Waals surface area (Å²) < 4.78 is 0. The summed E-state index contributed by atoms with van der Waals surface area (Å²) in [6.45, 7) is 0. The van der Waals surface area contributed by atoms with Gasteiger partial charge in [-0.05, 0) is 61.8 Å². The minimum Gasteiger partial charge on any atom is -0.303 e. The van der Waals surface area contributed by atoms with Crippen LogP contribution >= 0.6 is 23.2 Å². The van der Waals surface area contributed by atoms with Gasteiger partial charge in [-0.2, -0.15) is 0 Å². The van der Waals surface area contributed by atoms with Gasteiger partial charge in [0.15, 0.2) is 0 Å². The molecule has 6 atom stereocenters. The van der Waals surface area contributed by atoms with Crippen LogP contribution in [0.2, 0.25) is 10.3 Å². The largest absolute Gasteiger partial charge is 0.303 e. The lowest BCUT2D eigenvalue weighted by Crippen LogP contribution is -2.58. The van der Waals surface area contributed by atoms with Crippen LogP contribution in [-0.4, -0.2) is 50.2 Å². The van der Waals surface area contributed by atoms with Gasteiger partial charge in [0.1, 0.15) is 16.6 Å². The van der Waals surface area contributed by atoms with E-state index in [1.54, 1.807) is 0 Å². The minimum absolute atomic E-state index is 0.00415. The number of nitrogens with zero attached hydrogens (tertiary/aromatic N) is 4. The second-order valence-corrected chi connectivity index (χ2v) is 10.2. The van der Waals surface area contributed by atoms with Crippen LogP contribution in [0.3, 0.4) is 0 Å². The van der Waals surface area contributed by atoms with Crippen molar-refractivity contribution in [1.82, 2.24) is 19.8 Å². The summed E-state index contributed by atoms with van der Waals surface area (Å²) in [6.07, 6.45) is 11.2. The molecule has 6 unspecified atom stereocenters. The number of fused-ring (bicyclic) bond motifs is 4. The first kappa shape index (κ1) is 19.4. The highest BCUT2D eigenvalue weighted by Crippen LogP contribution is 2.52. The van der Waals surface area contributed by atoms with Crippen molar-refractivity contribution >= 4 is 23.2 Å². The maximum Gasteiger partial charge on any atom is 0.129 e. The fourth-order valence-corrected chi connectivity index (χ4v) is 7.19. The topological polar surface area (TPSA) is 58.3 Å². The van der Waals surface area contributed by atoms with Gasteiger partial charge in [-0.15, -0.1) is 0 Å². The molecule has 2 aromatic rings. The minimum atomic E-state index is -0.00415. The molecule has 0 spiro atoms. The van der Waals surface area contributed by atoms with E-state index in [4.69, 9.17) is 28.9 Å². The Morgan fingerprint density at radius 3 is 1.63 bits per heavy atom. The Balaban J connectivity index is 1.23. The van der Waals surface area contributed by atoms with Crippen LogP contribution in [0.4, 0.5) is 0 Å². The van der Waals surface area contributed by atoms with Gasteiger partial charge >= 0.3 is 0 Å². The molecule has 0 saturated carbocycles. The third kappa shape index (κ3) is 3.01. The van der Waals surface area contributed by atoms with E-state index in [1.807, 2.05) is 24.5 Å². The maximum absolute atomic E-state index is 7.03. The van der Waals surface area contributed by atoms with Crippen molar-refractivity contribution in [2.75, 3.05) is 0 Å². The van der Waals surface area contributed by atoms with E-state index < -0.39 is 0 Å². The van der Waals surface area contributed by atoms with Crippen molar-refractivity contribution in [3.05, 3.63) is 58.1 Å². The number of hydrogen-bond donors (Lipinski definition) is 1. The molecule has 0 radical (unpaired) electrons. The first-order chi connectivity index (χ1) is 14.6. The Morgan fingerprint density at radius 2 is 1.23 bits per heavy atom. The molecule has 158 valence electrons. The van der Waals surface area contributed by atoms with Gasteiger partial charge in [-0.3, -0.25) is 9.80 Å². The van der Waals surface area contributed by atoms with E-state index in [0.29, 0.717) is 46.3 Å². The number of pyridine rings is 2. The van der Waals surface area contributed by atoms with E-state index >= 15 is 0 Å². The number of nitrogens with two attached hydrogens (primary N) is 1. The SMILES string of the molecule is NC(N1C2CCC1C(c1ccc(Cl)nc1)C2)N1C2CCC1C(c1ccc(Cl)nc1)C2. The Hall–Kier alpha value is -1.24. The predicted molar refractivity (Wildman–Crippen MR) is 118 cm³/mol. The summed E-state index contributed by atoms with van der Waals surface area (Å²) in [5.41, 5.74) is 9.64. The molecule has 4 aliphatic rings. The van der Waals surface area contributed by atoms with Crippen molar-refractivity contribution in [3.63, 3.8) is 0 Å². The van der Waals surface area contributed by atoms with Crippen LogP contribution < -0.4 is 5.73 Å². The number of aromatic nitrogens is 2. The zero-order chi connectivity index (χ0) is 20.4. The summed E-state index contributed by atoms with van der Waals surface area (Å²) in [5.74, 6) is 1.02. The normalized spacial score (nSPS) is 36.6. The summed E-state index contributed by atoms with van der Waals surface area (Å²) in [5, 5.41) is 1.12. The van der Waals surface area contributed by atoms with Crippen molar-refractivity contribution < 1.29 is 0 Å². The molecule has 4 fully saturated rings. The van der Waals surface area contributed by atoms with Crippen molar-refractivity contribution in [2.24, 2.45) is 5.73 Å². The van der Waals surface area contributed by atoms with E-state index in [2.05, 4.69) is 31.9 Å². The molecule has 4 bridgehead atoms. The third-order valence-electron chi connectivity index (χ3n) is 8.15. The van der Waals surface area contributed by atoms with E-state index in [9.17, 15) is 0 Å². The Labute approximate surface area is 187 Å². The molecule has 2 N–H and O–H groups in total. The molecule has 0 amide bonds. The Kier molecular flexibility index (Phi) is 4.81. The van der Waals surface area contributed by atoms with E-state index in [0.717, 1.165) is 0 Å². The van der Waals surface area contributed by atoms with Crippen LogP contribution in [0.5, 0.6) is 0 Å². The molecular formula is C23H27Cl2N5. The van der Waals surface area contributed by atoms with Crippen LogP contribution in [-0.2, 0) is 0 Å². The maximum atomic E-state index is 7.03. The van der Waals surface area contributed by atoms with Gasteiger partial charge in [0, 0.05) is 48.4 Å². The van der Waals surface area contributed by atoms with Crippen molar-refractivity contribution in [2.45, 2.75) is 80.8 Å². The van der Waals surface area contributed by atoms with Gasteiger partial charge in [0.25, 0.3) is 0 Å². The number of rotatable bonds is 4. The summed E-state index contributed by atoms with van der Waals surface area (Å²) in [7, 11) is 0. The smallest absolute Gasteiger partial charge is 0.129 e. The fraction of sp³-hybridized carbons (Fsp3) is 0.565. The first-order valence-corrected chi connectivity index (χ1v) is 11.9. The van der Waals surface area contributed by atoms with Gasteiger partial charge in [-0.25, -0.2) is 9.97 Å². The average molecular weight is 444 g/mol. The lowest BCUT2D eigenvalue weighted by molar-refractivity contribution is 0.0186. The van der Waals surface area contributed by atoms with Gasteiger partial charge in [0.05, 0.1) is 0 Å². The van der Waals surface area contributed by atoms with Gasteiger partial charge < -0.3 is 5.73 Å². The quantitative estimate of drug-likeness (QED) is 0.710. The summed E-state index contributed by atoms with van der Waals surface area (Å²) >= 11 is 12.0. The predicted octanol–water partition coefficient (Wildman–Crippen LogP) is 4.37. The van der Waals surface area contributed by atoms with Crippen molar-refractivity contribution in [3.8, 4) is 0 Å². The lowest BCUT2D eigenvalue weighted by Gasteiger charge is -2.39. The van der Waals surface area contributed by atoms with Crippen LogP contribution in [0.1, 0.15) is 61.5 Å².